The van der Waals surface area contributed by atoms with Gasteiger partial charge in [0.1, 0.15) is 11.6 Å². The molecule has 0 radical (unpaired) electrons. The van der Waals surface area contributed by atoms with Crippen molar-refractivity contribution in [2.45, 2.75) is 13.0 Å². The number of halogens is 4. The second kappa shape index (κ2) is 6.17. The van der Waals surface area contributed by atoms with Crippen LogP contribution >= 0.6 is 34.5 Å². The minimum Gasteiger partial charge on any atom is -0.376 e. The summed E-state index contributed by atoms with van der Waals surface area (Å²) in [5.41, 5.74) is 5.28. The molecule has 21 heavy (non-hydrogen) atoms. The maximum Gasteiger partial charge on any atom is 0.251 e. The van der Waals surface area contributed by atoms with Gasteiger partial charge in [0.2, 0.25) is 0 Å². The van der Waals surface area contributed by atoms with E-state index in [9.17, 15) is 13.6 Å². The van der Waals surface area contributed by atoms with E-state index in [-0.39, 0.29) is 17.3 Å². The molecular formula is C13H10Cl2F2N2OS. The molecule has 0 aliphatic carbocycles. The number of rotatable bonds is 4. The van der Waals surface area contributed by atoms with Crippen LogP contribution in [0.4, 0.5) is 14.5 Å². The van der Waals surface area contributed by atoms with Crippen molar-refractivity contribution in [3.8, 4) is 0 Å². The van der Waals surface area contributed by atoms with E-state index in [0.717, 1.165) is 6.07 Å². The van der Waals surface area contributed by atoms with Crippen LogP contribution in [0.15, 0.2) is 18.2 Å². The Bertz CT molecular complexity index is 706. The zero-order valence-corrected chi connectivity index (χ0v) is 13.0. The lowest BCUT2D eigenvalue weighted by molar-refractivity contribution is 0.0996. The van der Waals surface area contributed by atoms with E-state index in [2.05, 4.69) is 5.32 Å². The molecule has 2 rings (SSSR count). The van der Waals surface area contributed by atoms with Crippen molar-refractivity contribution in [2.24, 2.45) is 5.73 Å². The highest BCUT2D eigenvalue weighted by Crippen LogP contribution is 2.36. The number of carbonyl (C=O) groups excluding carboxylic acids is 1. The van der Waals surface area contributed by atoms with Gasteiger partial charge in [-0.15, -0.1) is 11.3 Å². The first kappa shape index (κ1) is 16.0. The maximum absolute atomic E-state index is 13.8. The number of nitrogens with one attached hydrogen (secondary N) is 1. The number of anilines is 1. The molecule has 3 N–H and O–H groups in total. The second-order valence-corrected chi connectivity index (χ2v) is 6.61. The fourth-order valence-electron chi connectivity index (χ4n) is 1.81. The van der Waals surface area contributed by atoms with Crippen LogP contribution in [0.25, 0.3) is 0 Å². The summed E-state index contributed by atoms with van der Waals surface area (Å²) in [7, 11) is 0. The van der Waals surface area contributed by atoms with Gasteiger partial charge in [-0.1, -0.05) is 23.2 Å². The maximum atomic E-state index is 13.8. The van der Waals surface area contributed by atoms with Crippen molar-refractivity contribution < 1.29 is 13.6 Å². The van der Waals surface area contributed by atoms with E-state index in [4.69, 9.17) is 28.9 Å². The number of benzene rings is 1. The first-order chi connectivity index (χ1) is 9.79. The Hall–Kier alpha value is -1.37. The highest BCUT2D eigenvalue weighted by Gasteiger charge is 2.18. The van der Waals surface area contributed by atoms with Crippen LogP contribution < -0.4 is 11.1 Å². The molecule has 0 aliphatic heterocycles. The number of thiophene rings is 1. The predicted molar refractivity (Wildman–Crippen MR) is 81.3 cm³/mol. The van der Waals surface area contributed by atoms with E-state index < -0.39 is 17.5 Å². The van der Waals surface area contributed by atoms with Crippen molar-refractivity contribution in [3.05, 3.63) is 49.6 Å². The van der Waals surface area contributed by atoms with Crippen molar-refractivity contribution in [3.63, 3.8) is 0 Å². The molecular weight excluding hydrogens is 341 g/mol. The lowest BCUT2D eigenvalue weighted by Gasteiger charge is -2.16. The van der Waals surface area contributed by atoms with E-state index >= 15 is 0 Å². The first-order valence-corrected chi connectivity index (χ1v) is 7.37. The van der Waals surface area contributed by atoms with E-state index in [1.165, 1.54) is 11.3 Å². The van der Waals surface area contributed by atoms with Crippen LogP contribution in [0.1, 0.15) is 28.9 Å². The van der Waals surface area contributed by atoms with Gasteiger partial charge in [0.15, 0.2) is 0 Å². The van der Waals surface area contributed by atoms with Crippen LogP contribution in [-0.4, -0.2) is 5.91 Å². The Morgan fingerprint density at radius 2 is 1.95 bits per heavy atom. The van der Waals surface area contributed by atoms with Gasteiger partial charge < -0.3 is 11.1 Å². The molecule has 0 saturated carbocycles. The SMILES string of the molecule is CC(Nc1cc(C(N)=O)c(F)cc1F)c1cc(Cl)sc1Cl. The Labute approximate surface area is 133 Å². The summed E-state index contributed by atoms with van der Waals surface area (Å²) < 4.78 is 28.1. The van der Waals surface area contributed by atoms with Gasteiger partial charge in [-0.2, -0.15) is 0 Å². The lowest BCUT2D eigenvalue weighted by Crippen LogP contribution is -2.15. The van der Waals surface area contributed by atoms with Crippen LogP contribution in [0.3, 0.4) is 0 Å². The summed E-state index contributed by atoms with van der Waals surface area (Å²) in [6.07, 6.45) is 0. The molecule has 2 aromatic rings. The third-order valence-electron chi connectivity index (χ3n) is 2.84. The Morgan fingerprint density at radius 1 is 1.29 bits per heavy atom. The lowest BCUT2D eigenvalue weighted by atomic mass is 10.1. The Morgan fingerprint density at radius 3 is 2.48 bits per heavy atom. The standard InChI is InChI=1S/C13H10Cl2F2N2OS/c1-5(6-3-11(14)21-12(6)15)19-10-2-7(13(18)20)8(16)4-9(10)17/h2-5,19H,1H3,(H2,18,20). The number of carbonyl (C=O) groups is 1. The highest BCUT2D eigenvalue weighted by atomic mass is 35.5. The van der Waals surface area contributed by atoms with E-state index in [1.54, 1.807) is 13.0 Å². The fraction of sp³-hybridized carbons (Fsp3) is 0.154. The first-order valence-electron chi connectivity index (χ1n) is 5.79. The molecule has 1 aromatic carbocycles. The molecule has 1 heterocycles. The van der Waals surface area contributed by atoms with Gasteiger partial charge in [-0.25, -0.2) is 8.78 Å². The molecule has 1 atom stereocenters. The van der Waals surface area contributed by atoms with Gasteiger partial charge in [-0.3, -0.25) is 4.79 Å². The van der Waals surface area contributed by atoms with Gasteiger partial charge >= 0.3 is 0 Å². The van der Waals surface area contributed by atoms with E-state index in [1.807, 2.05) is 0 Å². The number of primary amides is 1. The monoisotopic (exact) mass is 350 g/mol. The van der Waals surface area contributed by atoms with Crippen LogP contribution in [-0.2, 0) is 0 Å². The molecule has 1 unspecified atom stereocenters. The Balaban J connectivity index is 2.33. The molecule has 0 saturated heterocycles. The molecule has 0 aliphatic rings. The quantitative estimate of drug-likeness (QED) is 0.846. The molecule has 1 aromatic heterocycles. The van der Waals surface area contributed by atoms with Crippen LogP contribution in [0, 0.1) is 11.6 Å². The fourth-order valence-corrected chi connectivity index (χ4v) is 3.45. The molecule has 0 fully saturated rings. The topological polar surface area (TPSA) is 55.1 Å². The third-order valence-corrected chi connectivity index (χ3v) is 4.36. The van der Waals surface area contributed by atoms with Gasteiger partial charge in [-0.05, 0) is 19.1 Å². The zero-order valence-electron chi connectivity index (χ0n) is 10.7. The smallest absolute Gasteiger partial charge is 0.251 e. The summed E-state index contributed by atoms with van der Waals surface area (Å²) in [5.74, 6) is -2.81. The van der Waals surface area contributed by atoms with Crippen molar-refractivity contribution >= 4 is 46.1 Å². The third kappa shape index (κ3) is 3.45. The summed E-state index contributed by atoms with van der Waals surface area (Å²) in [4.78, 5) is 11.1. The number of hydrogen-bond donors (Lipinski definition) is 2. The van der Waals surface area contributed by atoms with Gasteiger partial charge in [0, 0.05) is 11.6 Å². The minimum absolute atomic E-state index is 0.0453. The number of hydrogen-bond acceptors (Lipinski definition) is 3. The summed E-state index contributed by atoms with van der Waals surface area (Å²) in [6.45, 7) is 1.73. The zero-order chi connectivity index (χ0) is 15.7. The normalized spacial score (nSPS) is 12.2. The number of amides is 1. The van der Waals surface area contributed by atoms with Crippen molar-refractivity contribution in [1.29, 1.82) is 0 Å². The summed E-state index contributed by atoms with van der Waals surface area (Å²) in [6, 6.07) is 2.91. The van der Waals surface area contributed by atoms with Crippen molar-refractivity contribution in [2.75, 3.05) is 5.32 Å². The Kier molecular flexibility index (Phi) is 4.70. The minimum atomic E-state index is -1.00. The molecule has 0 bridgehead atoms. The van der Waals surface area contributed by atoms with Gasteiger partial charge in [0.25, 0.3) is 5.91 Å². The molecule has 8 heteroatoms. The summed E-state index contributed by atoms with van der Waals surface area (Å²) in [5, 5.41) is 2.82. The molecule has 112 valence electrons. The molecule has 0 spiro atoms. The molecule has 1 amide bonds. The van der Waals surface area contributed by atoms with Crippen molar-refractivity contribution in [1.82, 2.24) is 0 Å². The second-order valence-electron chi connectivity index (χ2n) is 4.32. The average molecular weight is 351 g/mol. The number of nitrogens with two attached hydrogens (primary N) is 1. The average Bonchev–Trinajstić information content (AvgIpc) is 2.71. The summed E-state index contributed by atoms with van der Waals surface area (Å²) >= 11 is 13.1. The predicted octanol–water partition coefficient (Wildman–Crippen LogP) is 4.61. The largest absolute Gasteiger partial charge is 0.376 e. The highest BCUT2D eigenvalue weighted by molar-refractivity contribution is 7.20. The van der Waals surface area contributed by atoms with Crippen LogP contribution in [0.5, 0.6) is 0 Å². The van der Waals surface area contributed by atoms with Gasteiger partial charge in [0.05, 0.1) is 26.0 Å². The van der Waals surface area contributed by atoms with Crippen LogP contribution in [0.2, 0.25) is 8.67 Å². The van der Waals surface area contributed by atoms with E-state index in [0.29, 0.717) is 20.3 Å². The molecule has 3 nitrogen and oxygen atoms in total.